The van der Waals surface area contributed by atoms with Crippen molar-refractivity contribution in [1.82, 2.24) is 0 Å². The molecule has 5 nitrogen and oxygen atoms in total. The van der Waals surface area contributed by atoms with E-state index in [0.717, 1.165) is 0 Å². The van der Waals surface area contributed by atoms with Gasteiger partial charge in [0.25, 0.3) is 0 Å². The molecular weight excluding hydrogens is 222 g/mol. The van der Waals surface area contributed by atoms with E-state index in [-0.39, 0.29) is 0 Å². The summed E-state index contributed by atoms with van der Waals surface area (Å²) in [5.41, 5.74) is -0.605. The molecule has 2 atom stereocenters. The molecular formula is C12H17NO4. The van der Waals surface area contributed by atoms with Crippen molar-refractivity contribution in [2.75, 3.05) is 0 Å². The number of hydrogen-bond donors (Lipinski definition) is 0. The average molecular weight is 239 g/mol. The quantitative estimate of drug-likeness (QED) is 0.698. The molecule has 0 N–H and O–H groups in total. The molecule has 5 heteroatoms. The van der Waals surface area contributed by atoms with Crippen LogP contribution in [-0.4, -0.2) is 24.1 Å². The number of cyclic esters (lactones) is 1. The van der Waals surface area contributed by atoms with Gasteiger partial charge in [-0.15, -0.1) is 0 Å². The fourth-order valence-electron chi connectivity index (χ4n) is 1.33. The van der Waals surface area contributed by atoms with E-state index >= 15 is 0 Å². The zero-order valence-corrected chi connectivity index (χ0v) is 10.4. The van der Waals surface area contributed by atoms with Gasteiger partial charge >= 0.3 is 11.9 Å². The van der Waals surface area contributed by atoms with Crippen LogP contribution in [0.4, 0.5) is 0 Å². The van der Waals surface area contributed by atoms with E-state index in [1.165, 1.54) is 0 Å². The molecule has 0 aromatic heterocycles. The second-order valence-electron chi connectivity index (χ2n) is 4.76. The van der Waals surface area contributed by atoms with Crippen LogP contribution in [0.25, 0.3) is 0 Å². The minimum Gasteiger partial charge on any atom is -0.450 e. The predicted molar refractivity (Wildman–Crippen MR) is 58.7 cm³/mol. The summed E-state index contributed by atoms with van der Waals surface area (Å²) < 4.78 is 9.95. The Hall–Kier alpha value is -1.57. The topological polar surface area (TPSA) is 76.4 Å². The third-order valence-electron chi connectivity index (χ3n) is 3.04. The summed E-state index contributed by atoms with van der Waals surface area (Å²) in [5.74, 6) is -1.03. The molecule has 1 heterocycles. The summed E-state index contributed by atoms with van der Waals surface area (Å²) in [7, 11) is 0. The molecule has 0 bridgehead atoms. The number of nitrogens with zero attached hydrogens (tertiary/aromatic N) is 1. The van der Waals surface area contributed by atoms with Crippen LogP contribution in [-0.2, 0) is 19.1 Å². The molecule has 17 heavy (non-hydrogen) atoms. The van der Waals surface area contributed by atoms with Gasteiger partial charge in [-0.25, -0.2) is 4.79 Å². The zero-order valence-electron chi connectivity index (χ0n) is 10.4. The van der Waals surface area contributed by atoms with E-state index in [1.807, 2.05) is 13.0 Å². The number of ether oxygens (including phenoxy) is 2. The maximum atomic E-state index is 11.8. The lowest BCUT2D eigenvalue weighted by molar-refractivity contribution is -0.181. The van der Waals surface area contributed by atoms with Crippen LogP contribution >= 0.6 is 0 Å². The Morgan fingerprint density at radius 3 is 2.71 bits per heavy atom. The first-order chi connectivity index (χ1) is 7.90. The van der Waals surface area contributed by atoms with Crippen LogP contribution < -0.4 is 0 Å². The third-order valence-corrected chi connectivity index (χ3v) is 3.04. The Morgan fingerprint density at radius 2 is 2.24 bits per heavy atom. The van der Waals surface area contributed by atoms with Crippen molar-refractivity contribution in [3.8, 4) is 6.07 Å². The second-order valence-corrected chi connectivity index (χ2v) is 4.76. The fourth-order valence-corrected chi connectivity index (χ4v) is 1.33. The Labute approximate surface area is 101 Å². The average Bonchev–Trinajstić information content (AvgIpc) is 2.31. The Kier molecular flexibility index (Phi) is 4.11. The van der Waals surface area contributed by atoms with Gasteiger partial charge in [0.05, 0.1) is 5.41 Å². The molecule has 2 unspecified atom stereocenters. The molecule has 1 aliphatic heterocycles. The van der Waals surface area contributed by atoms with E-state index in [4.69, 9.17) is 14.7 Å². The summed E-state index contributed by atoms with van der Waals surface area (Å²) in [6.07, 6.45) is -0.182. The maximum absolute atomic E-state index is 11.8. The molecule has 0 saturated carbocycles. The molecule has 1 aliphatic rings. The normalized spacial score (nSPS) is 24.7. The minimum absolute atomic E-state index is 0.350. The van der Waals surface area contributed by atoms with Crippen molar-refractivity contribution in [2.24, 2.45) is 5.41 Å². The Bertz CT molecular complexity index is 356. The third kappa shape index (κ3) is 3.19. The molecule has 0 aromatic carbocycles. The first-order valence-electron chi connectivity index (χ1n) is 5.72. The van der Waals surface area contributed by atoms with Gasteiger partial charge in [0.1, 0.15) is 6.07 Å². The van der Waals surface area contributed by atoms with Gasteiger partial charge in [0.15, 0.2) is 12.2 Å². The van der Waals surface area contributed by atoms with Gasteiger partial charge < -0.3 is 9.47 Å². The van der Waals surface area contributed by atoms with Gasteiger partial charge in [-0.2, -0.15) is 5.26 Å². The van der Waals surface area contributed by atoms with Gasteiger partial charge in [0, 0.05) is 6.42 Å². The van der Waals surface area contributed by atoms with Gasteiger partial charge in [-0.05, 0) is 26.7 Å². The van der Waals surface area contributed by atoms with Crippen LogP contribution in [0.5, 0.6) is 0 Å². The van der Waals surface area contributed by atoms with Crippen molar-refractivity contribution < 1.29 is 19.1 Å². The summed E-state index contributed by atoms with van der Waals surface area (Å²) >= 11 is 0. The van der Waals surface area contributed by atoms with Crippen LogP contribution in [0.3, 0.4) is 0 Å². The molecule has 0 aromatic rings. The Balaban J connectivity index is 2.57. The lowest BCUT2D eigenvalue weighted by atomic mass is 9.90. The van der Waals surface area contributed by atoms with E-state index in [0.29, 0.717) is 19.3 Å². The lowest BCUT2D eigenvalue weighted by Gasteiger charge is -2.27. The summed E-state index contributed by atoms with van der Waals surface area (Å²) in [6.45, 7) is 5.41. The highest BCUT2D eigenvalue weighted by atomic mass is 16.6. The fraction of sp³-hybridized carbons (Fsp3) is 0.750. The monoisotopic (exact) mass is 239 g/mol. The number of rotatable bonds is 3. The van der Waals surface area contributed by atoms with Crippen LogP contribution in [0.2, 0.25) is 0 Å². The highest BCUT2D eigenvalue weighted by molar-refractivity contribution is 5.82. The van der Waals surface area contributed by atoms with Crippen molar-refractivity contribution in [1.29, 1.82) is 5.26 Å². The molecule has 94 valence electrons. The number of esters is 2. The van der Waals surface area contributed by atoms with Gasteiger partial charge in [-0.3, -0.25) is 4.79 Å². The summed E-state index contributed by atoms with van der Waals surface area (Å²) in [5, 5.41) is 8.61. The maximum Gasteiger partial charge on any atom is 0.348 e. The number of nitriles is 1. The first kappa shape index (κ1) is 13.5. The predicted octanol–water partition coefficient (Wildman–Crippen LogP) is 1.56. The van der Waals surface area contributed by atoms with Crippen LogP contribution in [0, 0.1) is 16.7 Å². The van der Waals surface area contributed by atoms with Crippen molar-refractivity contribution in [2.45, 2.75) is 52.2 Å². The largest absolute Gasteiger partial charge is 0.450 e. The van der Waals surface area contributed by atoms with Gasteiger partial charge in [0.2, 0.25) is 0 Å². The SMILES string of the molecule is CCC(C)(C)C(=O)OC1CCC(C#N)OC1=O. The van der Waals surface area contributed by atoms with Crippen LogP contribution in [0.1, 0.15) is 40.0 Å². The van der Waals surface area contributed by atoms with E-state index in [2.05, 4.69) is 0 Å². The highest BCUT2D eigenvalue weighted by Crippen LogP contribution is 2.25. The molecule has 1 fully saturated rings. The summed E-state index contributed by atoms with van der Waals surface area (Å²) in [6, 6.07) is 1.87. The zero-order chi connectivity index (χ0) is 13.1. The first-order valence-corrected chi connectivity index (χ1v) is 5.72. The molecule has 0 radical (unpaired) electrons. The molecule has 1 saturated heterocycles. The van der Waals surface area contributed by atoms with E-state index in [9.17, 15) is 9.59 Å². The molecule has 1 rings (SSSR count). The highest BCUT2D eigenvalue weighted by Gasteiger charge is 2.36. The van der Waals surface area contributed by atoms with Crippen LogP contribution in [0.15, 0.2) is 0 Å². The smallest absolute Gasteiger partial charge is 0.348 e. The summed E-state index contributed by atoms with van der Waals surface area (Å²) in [4.78, 5) is 23.2. The van der Waals surface area contributed by atoms with Crippen molar-refractivity contribution >= 4 is 11.9 Å². The minimum atomic E-state index is -0.863. The molecule has 0 aliphatic carbocycles. The lowest BCUT2D eigenvalue weighted by Crippen LogP contribution is -2.40. The standard InChI is InChI=1S/C12H17NO4/c1-4-12(2,3)11(15)17-9-6-5-8(7-13)16-10(9)14/h8-9H,4-6H2,1-3H3. The van der Waals surface area contributed by atoms with Crippen molar-refractivity contribution in [3.05, 3.63) is 0 Å². The van der Waals surface area contributed by atoms with Crippen molar-refractivity contribution in [3.63, 3.8) is 0 Å². The number of carbonyl (C=O) groups is 2. The second kappa shape index (κ2) is 5.17. The van der Waals surface area contributed by atoms with E-state index < -0.39 is 29.6 Å². The van der Waals surface area contributed by atoms with Gasteiger partial charge in [-0.1, -0.05) is 6.92 Å². The molecule has 0 amide bonds. The van der Waals surface area contributed by atoms with E-state index in [1.54, 1.807) is 13.8 Å². The molecule has 0 spiro atoms. The number of carbonyl (C=O) groups excluding carboxylic acids is 2. The number of hydrogen-bond acceptors (Lipinski definition) is 5. The Morgan fingerprint density at radius 1 is 1.59 bits per heavy atom.